The van der Waals surface area contributed by atoms with Crippen molar-refractivity contribution in [2.24, 2.45) is 9.98 Å². The van der Waals surface area contributed by atoms with E-state index in [0.717, 1.165) is 58.6 Å². The summed E-state index contributed by atoms with van der Waals surface area (Å²) in [6.07, 6.45) is 18.6. The molecular formula is C58H51N3. The third kappa shape index (κ3) is 7.42. The van der Waals surface area contributed by atoms with Gasteiger partial charge < -0.3 is 4.90 Å². The molecule has 3 heteroatoms. The van der Waals surface area contributed by atoms with Gasteiger partial charge in [0, 0.05) is 39.8 Å². The SMILES string of the molecule is C1=CCC2C(=C1)c1ccccc1N2c1ccc(-c2ccc(-c3ccc4c(c3)N=C(c3ccccc3)/C=C(/c3cccc5ccccc35)N=C4)c3c2CCC=C3)cc1.CC.CC. The van der Waals surface area contributed by atoms with Gasteiger partial charge in [-0.2, -0.15) is 0 Å². The van der Waals surface area contributed by atoms with Crippen molar-refractivity contribution in [3.05, 3.63) is 215 Å². The highest BCUT2D eigenvalue weighted by Crippen LogP contribution is 2.48. The Kier molecular flexibility index (Phi) is 11.4. The van der Waals surface area contributed by atoms with E-state index in [4.69, 9.17) is 9.98 Å². The molecule has 0 saturated heterocycles. The lowest BCUT2D eigenvalue weighted by atomic mass is 9.84. The van der Waals surface area contributed by atoms with E-state index in [1.165, 1.54) is 61.1 Å². The molecule has 0 spiro atoms. The van der Waals surface area contributed by atoms with E-state index in [0.29, 0.717) is 6.04 Å². The predicted octanol–water partition coefficient (Wildman–Crippen LogP) is 15.6. The molecule has 298 valence electrons. The second-order valence-electron chi connectivity index (χ2n) is 15.2. The van der Waals surface area contributed by atoms with Gasteiger partial charge in [-0.15, -0.1) is 0 Å². The van der Waals surface area contributed by atoms with Gasteiger partial charge in [0.05, 0.1) is 23.1 Å². The van der Waals surface area contributed by atoms with Crippen molar-refractivity contribution in [2.75, 3.05) is 4.90 Å². The molecule has 0 bridgehead atoms. The summed E-state index contributed by atoms with van der Waals surface area (Å²) < 4.78 is 0. The van der Waals surface area contributed by atoms with Crippen molar-refractivity contribution in [3.8, 4) is 22.3 Å². The normalized spacial score (nSPS) is 16.4. The molecule has 2 heterocycles. The molecule has 7 aromatic rings. The molecule has 3 nitrogen and oxygen atoms in total. The molecule has 4 aliphatic rings. The largest absolute Gasteiger partial charge is 0.333 e. The highest BCUT2D eigenvalue weighted by Gasteiger charge is 2.34. The average Bonchev–Trinajstić information content (AvgIpc) is 3.67. The van der Waals surface area contributed by atoms with Crippen molar-refractivity contribution in [3.63, 3.8) is 0 Å². The second-order valence-corrected chi connectivity index (χ2v) is 15.2. The minimum Gasteiger partial charge on any atom is -0.333 e. The predicted molar refractivity (Wildman–Crippen MR) is 264 cm³/mol. The van der Waals surface area contributed by atoms with E-state index in [-0.39, 0.29) is 0 Å². The van der Waals surface area contributed by atoms with Crippen LogP contribution in [0.3, 0.4) is 0 Å². The number of nitrogens with zero attached hydrogens (tertiary/aromatic N) is 3. The molecule has 0 aromatic heterocycles. The molecule has 61 heavy (non-hydrogen) atoms. The molecule has 7 aromatic carbocycles. The van der Waals surface area contributed by atoms with E-state index < -0.39 is 0 Å². The molecule has 1 atom stereocenters. The lowest BCUT2D eigenvalue weighted by molar-refractivity contribution is 0.829. The molecular weight excluding hydrogens is 739 g/mol. The van der Waals surface area contributed by atoms with Gasteiger partial charge in [-0.05, 0) is 99.3 Å². The Hall–Kier alpha value is -7.10. The molecule has 11 rings (SSSR count). The quantitative estimate of drug-likeness (QED) is 0.171. The summed E-state index contributed by atoms with van der Waals surface area (Å²) in [6, 6.07) is 55.1. The standard InChI is InChI=1S/C54H39N3.2C2H6/c1-2-14-38(15-3-1)51-34-52(47-22-12-16-36-13-4-5-17-42(36)47)55-35-40-26-25-39(33-50(40)56-51)44-32-31-43(45-18-6-7-19-46(44)45)37-27-29-41(30-28-37)57-53-23-10-8-20-48(53)49-21-9-11-24-54(49)57;2*1-2/h1-5,7-17,19-23,25-35,54H,6,18,24H2;2*1-2H3/b40-35?,51-34?,52-34-,55-35?,55-52?,56-50?,56-51?;;. The molecule has 2 aliphatic heterocycles. The Morgan fingerprint density at radius 2 is 1.34 bits per heavy atom. The minimum atomic E-state index is 0.336. The first kappa shape index (κ1) is 39.4. The van der Waals surface area contributed by atoms with Crippen LogP contribution in [0.5, 0.6) is 0 Å². The van der Waals surface area contributed by atoms with Gasteiger partial charge in [-0.1, -0.05) is 185 Å². The number of hydrogen-bond donors (Lipinski definition) is 0. The van der Waals surface area contributed by atoms with Gasteiger partial charge in [-0.25, -0.2) is 4.99 Å². The number of rotatable bonds is 5. The molecule has 1 unspecified atom stereocenters. The first-order valence-corrected chi connectivity index (χ1v) is 22.0. The van der Waals surface area contributed by atoms with Crippen LogP contribution in [-0.2, 0) is 6.42 Å². The highest BCUT2D eigenvalue weighted by atomic mass is 15.2. The van der Waals surface area contributed by atoms with Gasteiger partial charge in [0.25, 0.3) is 0 Å². The monoisotopic (exact) mass is 789 g/mol. The van der Waals surface area contributed by atoms with Crippen molar-refractivity contribution in [2.45, 2.75) is 53.0 Å². The summed E-state index contributed by atoms with van der Waals surface area (Å²) in [5, 5.41) is 2.37. The number of benzene rings is 7. The Balaban J connectivity index is 0.00000116. The molecule has 0 radical (unpaired) electrons. The Bertz CT molecular complexity index is 2920. The van der Waals surface area contributed by atoms with Crippen molar-refractivity contribution >= 4 is 57.1 Å². The van der Waals surface area contributed by atoms with Gasteiger partial charge in [0.15, 0.2) is 0 Å². The summed E-state index contributed by atoms with van der Waals surface area (Å²) in [4.78, 5) is 13.0. The summed E-state index contributed by atoms with van der Waals surface area (Å²) >= 11 is 0. The van der Waals surface area contributed by atoms with E-state index in [2.05, 4.69) is 193 Å². The van der Waals surface area contributed by atoms with Crippen LogP contribution >= 0.6 is 0 Å². The lowest BCUT2D eigenvalue weighted by Gasteiger charge is -2.29. The zero-order valence-electron chi connectivity index (χ0n) is 35.5. The van der Waals surface area contributed by atoms with Gasteiger partial charge in [0.1, 0.15) is 0 Å². The third-order valence-corrected chi connectivity index (χ3v) is 11.9. The first-order valence-electron chi connectivity index (χ1n) is 22.0. The van der Waals surface area contributed by atoms with Crippen molar-refractivity contribution in [1.82, 2.24) is 0 Å². The van der Waals surface area contributed by atoms with Crippen LogP contribution in [0, 0.1) is 0 Å². The van der Waals surface area contributed by atoms with E-state index in [1.807, 2.05) is 33.9 Å². The van der Waals surface area contributed by atoms with E-state index in [9.17, 15) is 0 Å². The Morgan fingerprint density at radius 1 is 0.607 bits per heavy atom. The zero-order chi connectivity index (χ0) is 41.7. The number of hydrogen-bond acceptors (Lipinski definition) is 3. The third-order valence-electron chi connectivity index (χ3n) is 11.9. The van der Waals surface area contributed by atoms with Crippen LogP contribution in [0.15, 0.2) is 192 Å². The molecule has 0 amide bonds. The maximum atomic E-state index is 5.39. The first-order chi connectivity index (χ1) is 30.3. The maximum absolute atomic E-state index is 5.39. The highest BCUT2D eigenvalue weighted by molar-refractivity contribution is 6.16. The fraction of sp³-hybridized carbons (Fsp3) is 0.138. The van der Waals surface area contributed by atoms with E-state index in [1.54, 1.807) is 0 Å². The van der Waals surface area contributed by atoms with Crippen LogP contribution in [0.25, 0.3) is 50.4 Å². The second kappa shape index (κ2) is 17.6. The average molecular weight is 790 g/mol. The number of anilines is 2. The molecule has 2 aliphatic carbocycles. The van der Waals surface area contributed by atoms with Crippen LogP contribution in [0.1, 0.15) is 73.9 Å². The Morgan fingerprint density at radius 3 is 2.21 bits per heavy atom. The fourth-order valence-electron chi connectivity index (χ4n) is 9.16. The van der Waals surface area contributed by atoms with Gasteiger partial charge >= 0.3 is 0 Å². The molecule has 0 fully saturated rings. The molecule has 0 saturated carbocycles. The zero-order valence-corrected chi connectivity index (χ0v) is 35.5. The number of allylic oxidation sites excluding steroid dienone is 4. The number of aliphatic imine (C=N–C) groups is 2. The topological polar surface area (TPSA) is 28.0 Å². The Labute approximate surface area is 361 Å². The number of fused-ring (bicyclic) bond motifs is 6. The lowest BCUT2D eigenvalue weighted by Crippen LogP contribution is -2.26. The van der Waals surface area contributed by atoms with E-state index >= 15 is 0 Å². The number of para-hydroxylation sites is 1. The summed E-state index contributed by atoms with van der Waals surface area (Å²) in [7, 11) is 0. The van der Waals surface area contributed by atoms with Crippen LogP contribution in [-0.4, -0.2) is 18.0 Å². The minimum absolute atomic E-state index is 0.336. The van der Waals surface area contributed by atoms with Crippen LogP contribution in [0.4, 0.5) is 17.1 Å². The van der Waals surface area contributed by atoms with Crippen molar-refractivity contribution in [1.29, 1.82) is 0 Å². The van der Waals surface area contributed by atoms with Crippen molar-refractivity contribution < 1.29 is 0 Å². The maximum Gasteiger partial charge on any atom is 0.0731 e. The van der Waals surface area contributed by atoms with Gasteiger partial charge in [-0.3, -0.25) is 4.99 Å². The van der Waals surface area contributed by atoms with Crippen LogP contribution in [0.2, 0.25) is 0 Å². The van der Waals surface area contributed by atoms with Crippen LogP contribution < -0.4 is 4.90 Å². The summed E-state index contributed by atoms with van der Waals surface area (Å²) in [5.74, 6) is 0. The molecule has 0 N–H and O–H groups in total. The summed E-state index contributed by atoms with van der Waals surface area (Å²) in [6.45, 7) is 8.00. The smallest absolute Gasteiger partial charge is 0.0731 e. The van der Waals surface area contributed by atoms with Gasteiger partial charge in [0.2, 0.25) is 0 Å². The fourth-order valence-corrected chi connectivity index (χ4v) is 9.16. The summed E-state index contributed by atoms with van der Waals surface area (Å²) in [5.41, 5.74) is 18.8.